The largest absolute Gasteiger partial charge is 0.469 e. The number of fused-ring (bicyclic) bond motifs is 5. The number of nitrogens with zero attached hydrogens (tertiary/aromatic N) is 1. The van der Waals surface area contributed by atoms with Gasteiger partial charge in [-0.25, -0.2) is 4.98 Å². The van der Waals surface area contributed by atoms with Crippen molar-refractivity contribution < 1.29 is 23.8 Å². The Morgan fingerprint density at radius 1 is 0.971 bits per heavy atom. The molecule has 6 nitrogen and oxygen atoms in total. The number of carbonyl (C=O) groups is 2. The fourth-order valence-corrected chi connectivity index (χ4v) is 7.21. The molecule has 2 aromatic carbocycles. The van der Waals surface area contributed by atoms with Crippen molar-refractivity contribution in [2.24, 2.45) is 11.8 Å². The van der Waals surface area contributed by atoms with Crippen molar-refractivity contribution in [2.45, 2.75) is 22.4 Å². The molecule has 2 bridgehead atoms. The smallest absolute Gasteiger partial charge is 0.313 e. The standard InChI is InChI=1S/C26H21Cl2NO5S/c1-14-9-11-15(12-10-14)25-19-17(13-18(27)29-22(19)28)26(34-25,35-16-7-5-4-6-8-16)21(24(31)33-3)20(25)23(30)32-2/h4-13,20-21H,1-3H3. The van der Waals surface area contributed by atoms with Crippen LogP contribution in [0.2, 0.25) is 10.3 Å². The van der Waals surface area contributed by atoms with Crippen molar-refractivity contribution in [3.63, 3.8) is 0 Å². The van der Waals surface area contributed by atoms with Crippen molar-refractivity contribution in [3.05, 3.63) is 93.2 Å². The molecule has 4 unspecified atom stereocenters. The summed E-state index contributed by atoms with van der Waals surface area (Å²) in [5.41, 5.74) is 1.28. The Hall–Kier alpha value is -2.58. The van der Waals surface area contributed by atoms with Crippen LogP contribution in [0.4, 0.5) is 0 Å². The SMILES string of the molecule is COC(=O)C1C(C(=O)OC)C2(c3ccc(C)cc3)OC1(Sc1ccccc1)c1cc(Cl)nc(Cl)c12. The van der Waals surface area contributed by atoms with Crippen LogP contribution >= 0.6 is 35.0 Å². The molecule has 5 rings (SSSR count). The number of carbonyl (C=O) groups excluding carboxylic acids is 2. The van der Waals surface area contributed by atoms with E-state index in [4.69, 9.17) is 37.4 Å². The average Bonchev–Trinajstić information content (AvgIpc) is 3.31. The number of hydrogen-bond acceptors (Lipinski definition) is 7. The number of esters is 2. The molecule has 3 aromatic rings. The second kappa shape index (κ2) is 8.82. The first-order chi connectivity index (χ1) is 16.8. The van der Waals surface area contributed by atoms with Crippen LogP contribution in [0.1, 0.15) is 22.3 Å². The summed E-state index contributed by atoms with van der Waals surface area (Å²) in [5, 5.41) is 0.246. The number of benzene rings is 2. The molecule has 1 fully saturated rings. The average molecular weight is 530 g/mol. The first-order valence-electron chi connectivity index (χ1n) is 10.8. The summed E-state index contributed by atoms with van der Waals surface area (Å²) in [6.45, 7) is 1.96. The molecule has 2 aliphatic rings. The van der Waals surface area contributed by atoms with Gasteiger partial charge in [-0.15, -0.1) is 0 Å². The molecule has 2 aliphatic heterocycles. The summed E-state index contributed by atoms with van der Waals surface area (Å²) >= 11 is 14.4. The zero-order valence-corrected chi connectivity index (χ0v) is 21.4. The third-order valence-electron chi connectivity index (χ3n) is 6.59. The number of methoxy groups -OCH3 is 2. The Morgan fingerprint density at radius 3 is 2.23 bits per heavy atom. The highest BCUT2D eigenvalue weighted by Gasteiger charge is 2.76. The Bertz CT molecular complexity index is 1320. The minimum atomic E-state index is -1.45. The lowest BCUT2D eigenvalue weighted by Crippen LogP contribution is -2.47. The molecule has 3 heterocycles. The van der Waals surface area contributed by atoms with E-state index >= 15 is 0 Å². The van der Waals surface area contributed by atoms with Crippen LogP contribution in [0.25, 0.3) is 0 Å². The van der Waals surface area contributed by atoms with E-state index in [1.54, 1.807) is 6.07 Å². The van der Waals surface area contributed by atoms with Gasteiger partial charge in [0.1, 0.15) is 27.7 Å². The fraction of sp³-hybridized carbons (Fsp3) is 0.269. The van der Waals surface area contributed by atoms with E-state index in [1.165, 1.54) is 26.0 Å². The molecule has 0 radical (unpaired) electrons. The van der Waals surface area contributed by atoms with Gasteiger partial charge in [0.2, 0.25) is 0 Å². The van der Waals surface area contributed by atoms with Gasteiger partial charge in [-0.3, -0.25) is 9.59 Å². The zero-order chi connectivity index (χ0) is 25.0. The Morgan fingerprint density at radius 2 is 1.60 bits per heavy atom. The van der Waals surface area contributed by atoms with Crippen LogP contribution in [0.15, 0.2) is 65.6 Å². The maximum Gasteiger partial charge on any atom is 0.313 e. The molecular formula is C26H21Cl2NO5S. The number of aryl methyl sites for hydroxylation is 1. The van der Waals surface area contributed by atoms with Crippen molar-refractivity contribution in [3.8, 4) is 0 Å². The molecule has 0 aliphatic carbocycles. The second-order valence-electron chi connectivity index (χ2n) is 8.45. The normalized spacial score (nSPS) is 26.3. The predicted molar refractivity (Wildman–Crippen MR) is 132 cm³/mol. The van der Waals surface area contributed by atoms with Crippen LogP contribution < -0.4 is 0 Å². The van der Waals surface area contributed by atoms with E-state index in [0.717, 1.165) is 10.5 Å². The topological polar surface area (TPSA) is 74.7 Å². The highest BCUT2D eigenvalue weighted by Crippen LogP contribution is 2.72. The molecule has 0 spiro atoms. The van der Waals surface area contributed by atoms with Gasteiger partial charge in [0.05, 0.1) is 14.2 Å². The number of hydrogen-bond donors (Lipinski definition) is 0. The third kappa shape index (κ3) is 3.48. The Balaban J connectivity index is 1.89. The summed E-state index contributed by atoms with van der Waals surface area (Å²) in [7, 11) is 2.57. The summed E-state index contributed by atoms with van der Waals surface area (Å²) in [4.78, 5) is 30.6. The maximum atomic E-state index is 13.5. The van der Waals surface area contributed by atoms with E-state index in [0.29, 0.717) is 16.7 Å². The Labute approximate surface area is 216 Å². The molecular weight excluding hydrogens is 509 g/mol. The molecule has 0 N–H and O–H groups in total. The van der Waals surface area contributed by atoms with Gasteiger partial charge in [0.25, 0.3) is 0 Å². The molecule has 9 heteroatoms. The van der Waals surface area contributed by atoms with E-state index in [9.17, 15) is 9.59 Å². The van der Waals surface area contributed by atoms with Gasteiger partial charge in [-0.2, -0.15) is 0 Å². The number of thioether (sulfide) groups is 1. The minimum absolute atomic E-state index is 0.0980. The van der Waals surface area contributed by atoms with Crippen LogP contribution in [-0.2, 0) is 34.3 Å². The van der Waals surface area contributed by atoms with Crippen LogP contribution in [-0.4, -0.2) is 31.1 Å². The highest BCUT2D eigenvalue weighted by molar-refractivity contribution is 8.00. The lowest BCUT2D eigenvalue weighted by atomic mass is 9.66. The summed E-state index contributed by atoms with van der Waals surface area (Å²) in [5.74, 6) is -3.37. The van der Waals surface area contributed by atoms with E-state index < -0.39 is 34.3 Å². The number of halogens is 2. The molecule has 4 atom stereocenters. The number of aromatic nitrogens is 1. The third-order valence-corrected chi connectivity index (χ3v) is 8.42. The van der Waals surface area contributed by atoms with Crippen molar-refractivity contribution in [1.29, 1.82) is 0 Å². The molecule has 180 valence electrons. The number of pyridine rings is 1. The van der Waals surface area contributed by atoms with Crippen molar-refractivity contribution in [2.75, 3.05) is 14.2 Å². The fourth-order valence-electron chi connectivity index (χ4n) is 5.20. The van der Waals surface area contributed by atoms with Crippen LogP contribution in [0.5, 0.6) is 0 Å². The summed E-state index contributed by atoms with van der Waals surface area (Å²) < 4.78 is 17.4. The lowest BCUT2D eigenvalue weighted by Gasteiger charge is -2.37. The predicted octanol–water partition coefficient (Wildman–Crippen LogP) is 5.51. The minimum Gasteiger partial charge on any atom is -0.469 e. The molecule has 35 heavy (non-hydrogen) atoms. The van der Waals surface area contributed by atoms with Gasteiger partial charge >= 0.3 is 11.9 Å². The highest BCUT2D eigenvalue weighted by atomic mass is 35.5. The van der Waals surface area contributed by atoms with E-state index in [-0.39, 0.29) is 10.3 Å². The van der Waals surface area contributed by atoms with Gasteiger partial charge in [0, 0.05) is 16.0 Å². The molecule has 1 aromatic heterocycles. The van der Waals surface area contributed by atoms with Gasteiger partial charge in [-0.1, -0.05) is 83.0 Å². The second-order valence-corrected chi connectivity index (χ2v) is 10.5. The molecule has 0 amide bonds. The summed E-state index contributed by atoms with van der Waals surface area (Å²) in [6.07, 6.45) is 0. The van der Waals surface area contributed by atoms with Gasteiger partial charge < -0.3 is 14.2 Å². The number of ether oxygens (including phenoxy) is 3. The van der Waals surface area contributed by atoms with Crippen molar-refractivity contribution in [1.82, 2.24) is 4.98 Å². The van der Waals surface area contributed by atoms with Crippen molar-refractivity contribution >= 4 is 46.9 Å². The summed E-state index contributed by atoms with van der Waals surface area (Å²) in [6, 6.07) is 18.7. The van der Waals surface area contributed by atoms with E-state index in [1.807, 2.05) is 61.5 Å². The van der Waals surface area contributed by atoms with E-state index in [2.05, 4.69) is 4.98 Å². The van der Waals surface area contributed by atoms with Crippen LogP contribution in [0.3, 0.4) is 0 Å². The monoisotopic (exact) mass is 529 g/mol. The number of rotatable bonds is 5. The zero-order valence-electron chi connectivity index (χ0n) is 19.1. The molecule has 0 saturated carbocycles. The Kier molecular flexibility index (Phi) is 6.08. The first kappa shape index (κ1) is 24.1. The first-order valence-corrected chi connectivity index (χ1v) is 12.4. The maximum absolute atomic E-state index is 13.5. The van der Waals surface area contributed by atoms with Gasteiger partial charge in [0.15, 0.2) is 4.93 Å². The van der Waals surface area contributed by atoms with Crippen LogP contribution in [0, 0.1) is 18.8 Å². The lowest BCUT2D eigenvalue weighted by molar-refractivity contribution is -0.159. The van der Waals surface area contributed by atoms with Gasteiger partial charge in [-0.05, 0) is 30.7 Å². The quantitative estimate of drug-likeness (QED) is 0.318. The molecule has 1 saturated heterocycles.